The number of methoxy groups -OCH3 is 1. The van der Waals surface area contributed by atoms with E-state index in [1.54, 1.807) is 25.0 Å². The Kier molecular flexibility index (Phi) is 5.06. The Labute approximate surface area is 151 Å². The summed E-state index contributed by atoms with van der Waals surface area (Å²) in [7, 11) is 1.61. The van der Waals surface area contributed by atoms with E-state index in [0.717, 1.165) is 11.3 Å². The van der Waals surface area contributed by atoms with Crippen LogP contribution in [0.2, 0.25) is 0 Å². The average molecular weight is 356 g/mol. The number of carbonyl (C=O) groups excluding carboxylic acids is 1. The van der Waals surface area contributed by atoms with Crippen LogP contribution in [0, 0.1) is 10.1 Å². The maximum atomic E-state index is 12.6. The molecular formula is C19H20N2O5. The first kappa shape index (κ1) is 17.7. The van der Waals surface area contributed by atoms with Crippen molar-refractivity contribution in [2.24, 2.45) is 0 Å². The molecule has 0 aliphatic carbocycles. The van der Waals surface area contributed by atoms with E-state index >= 15 is 0 Å². The molecule has 7 heteroatoms. The SMILES string of the molecule is COc1ccccc1CCN1Cc2cc([N+](=O)[O-])ccc2OC(C)C1=O. The first-order chi connectivity index (χ1) is 12.5. The minimum Gasteiger partial charge on any atom is -0.496 e. The lowest BCUT2D eigenvalue weighted by molar-refractivity contribution is -0.384. The Balaban J connectivity index is 1.83. The van der Waals surface area contributed by atoms with Crippen LogP contribution >= 0.6 is 0 Å². The van der Waals surface area contributed by atoms with Crippen molar-refractivity contribution in [3.8, 4) is 11.5 Å². The third-order valence-corrected chi connectivity index (χ3v) is 4.42. The van der Waals surface area contributed by atoms with Gasteiger partial charge in [0, 0.05) is 30.8 Å². The minimum absolute atomic E-state index is 0.0148. The Morgan fingerprint density at radius 2 is 2.08 bits per heavy atom. The summed E-state index contributed by atoms with van der Waals surface area (Å²) in [5.41, 5.74) is 1.62. The van der Waals surface area contributed by atoms with Crippen molar-refractivity contribution in [2.45, 2.75) is 26.0 Å². The van der Waals surface area contributed by atoms with Crippen LogP contribution in [0.3, 0.4) is 0 Å². The van der Waals surface area contributed by atoms with Crippen molar-refractivity contribution in [1.29, 1.82) is 0 Å². The molecule has 0 N–H and O–H groups in total. The van der Waals surface area contributed by atoms with Gasteiger partial charge in [-0.25, -0.2) is 0 Å². The van der Waals surface area contributed by atoms with Crippen LogP contribution in [-0.4, -0.2) is 35.5 Å². The fraction of sp³-hybridized carbons (Fsp3) is 0.316. The highest BCUT2D eigenvalue weighted by Gasteiger charge is 2.28. The van der Waals surface area contributed by atoms with Crippen LogP contribution in [0.5, 0.6) is 11.5 Å². The number of benzene rings is 2. The van der Waals surface area contributed by atoms with E-state index in [1.165, 1.54) is 12.1 Å². The van der Waals surface area contributed by atoms with Crippen molar-refractivity contribution in [2.75, 3.05) is 13.7 Å². The van der Waals surface area contributed by atoms with Crippen LogP contribution in [0.4, 0.5) is 5.69 Å². The number of nitro groups is 1. The topological polar surface area (TPSA) is 81.9 Å². The van der Waals surface area contributed by atoms with Gasteiger partial charge in [-0.3, -0.25) is 14.9 Å². The molecule has 1 unspecified atom stereocenters. The maximum absolute atomic E-state index is 12.6. The fourth-order valence-corrected chi connectivity index (χ4v) is 3.05. The van der Waals surface area contributed by atoms with Gasteiger partial charge in [0.15, 0.2) is 6.10 Å². The molecule has 0 radical (unpaired) electrons. The van der Waals surface area contributed by atoms with E-state index in [2.05, 4.69) is 0 Å². The predicted octanol–water partition coefficient (Wildman–Crippen LogP) is 2.96. The molecule has 0 spiro atoms. The van der Waals surface area contributed by atoms with E-state index < -0.39 is 11.0 Å². The van der Waals surface area contributed by atoms with Gasteiger partial charge in [-0.2, -0.15) is 0 Å². The van der Waals surface area contributed by atoms with Crippen molar-refractivity contribution in [1.82, 2.24) is 4.90 Å². The number of fused-ring (bicyclic) bond motifs is 1. The van der Waals surface area contributed by atoms with Crippen molar-refractivity contribution < 1.29 is 19.2 Å². The molecule has 2 aromatic rings. The molecule has 1 atom stereocenters. The lowest BCUT2D eigenvalue weighted by atomic mass is 10.1. The predicted molar refractivity (Wildman–Crippen MR) is 95.3 cm³/mol. The summed E-state index contributed by atoms with van der Waals surface area (Å²) in [6, 6.07) is 12.1. The first-order valence-corrected chi connectivity index (χ1v) is 8.34. The quantitative estimate of drug-likeness (QED) is 0.608. The van der Waals surface area contributed by atoms with E-state index in [0.29, 0.717) is 24.3 Å². The molecule has 2 aromatic carbocycles. The van der Waals surface area contributed by atoms with E-state index in [-0.39, 0.29) is 18.1 Å². The number of nitrogens with zero attached hydrogens (tertiary/aromatic N) is 2. The average Bonchev–Trinajstić information content (AvgIpc) is 2.76. The number of non-ortho nitro benzene ring substituents is 1. The summed E-state index contributed by atoms with van der Waals surface area (Å²) < 4.78 is 11.0. The molecule has 26 heavy (non-hydrogen) atoms. The third-order valence-electron chi connectivity index (χ3n) is 4.42. The number of hydrogen-bond acceptors (Lipinski definition) is 5. The van der Waals surface area contributed by atoms with Crippen LogP contribution < -0.4 is 9.47 Å². The van der Waals surface area contributed by atoms with E-state index in [9.17, 15) is 14.9 Å². The number of ether oxygens (including phenoxy) is 2. The molecule has 0 saturated heterocycles. The van der Waals surface area contributed by atoms with Gasteiger partial charge in [-0.05, 0) is 31.0 Å². The van der Waals surface area contributed by atoms with Crippen LogP contribution in [0.15, 0.2) is 42.5 Å². The smallest absolute Gasteiger partial charge is 0.270 e. The molecule has 1 amide bonds. The van der Waals surface area contributed by atoms with Gasteiger partial charge >= 0.3 is 0 Å². The monoisotopic (exact) mass is 356 g/mol. The number of carbonyl (C=O) groups is 1. The number of nitro benzene ring substituents is 1. The lowest BCUT2D eigenvalue weighted by Crippen LogP contribution is -2.39. The van der Waals surface area contributed by atoms with Gasteiger partial charge in [-0.15, -0.1) is 0 Å². The summed E-state index contributed by atoms with van der Waals surface area (Å²) in [5.74, 6) is 1.14. The second-order valence-corrected chi connectivity index (χ2v) is 6.13. The zero-order valence-corrected chi connectivity index (χ0v) is 14.7. The molecule has 0 saturated carbocycles. The zero-order chi connectivity index (χ0) is 18.7. The number of rotatable bonds is 5. The summed E-state index contributed by atoms with van der Waals surface area (Å²) in [6.45, 7) is 2.43. The van der Waals surface area contributed by atoms with E-state index in [4.69, 9.17) is 9.47 Å². The Hall–Kier alpha value is -3.09. The molecule has 0 fully saturated rings. The molecule has 1 heterocycles. The third kappa shape index (κ3) is 3.61. The van der Waals surface area contributed by atoms with Crippen LogP contribution in [0.25, 0.3) is 0 Å². The highest BCUT2D eigenvalue weighted by atomic mass is 16.6. The van der Waals surface area contributed by atoms with Gasteiger partial charge in [0.05, 0.1) is 12.0 Å². The largest absolute Gasteiger partial charge is 0.496 e. The lowest BCUT2D eigenvalue weighted by Gasteiger charge is -2.22. The Morgan fingerprint density at radius 1 is 1.31 bits per heavy atom. The summed E-state index contributed by atoms with van der Waals surface area (Å²) >= 11 is 0. The highest BCUT2D eigenvalue weighted by Crippen LogP contribution is 2.29. The normalized spacial score (nSPS) is 16.5. The number of amides is 1. The van der Waals surface area contributed by atoms with Gasteiger partial charge in [0.1, 0.15) is 11.5 Å². The molecule has 1 aliphatic heterocycles. The summed E-state index contributed by atoms with van der Waals surface area (Å²) in [4.78, 5) is 24.9. The highest BCUT2D eigenvalue weighted by molar-refractivity contribution is 5.81. The minimum atomic E-state index is -0.643. The van der Waals surface area contributed by atoms with Gasteiger partial charge in [-0.1, -0.05) is 18.2 Å². The maximum Gasteiger partial charge on any atom is 0.270 e. The second-order valence-electron chi connectivity index (χ2n) is 6.13. The molecule has 7 nitrogen and oxygen atoms in total. The van der Waals surface area contributed by atoms with Crippen LogP contribution in [0.1, 0.15) is 18.1 Å². The fourth-order valence-electron chi connectivity index (χ4n) is 3.05. The summed E-state index contributed by atoms with van der Waals surface area (Å²) in [6.07, 6.45) is -0.0254. The first-order valence-electron chi connectivity index (χ1n) is 8.34. The molecule has 1 aliphatic rings. The summed E-state index contributed by atoms with van der Waals surface area (Å²) in [5, 5.41) is 11.0. The van der Waals surface area contributed by atoms with Crippen molar-refractivity contribution in [3.63, 3.8) is 0 Å². The Morgan fingerprint density at radius 3 is 2.81 bits per heavy atom. The van der Waals surface area contributed by atoms with Crippen molar-refractivity contribution >= 4 is 11.6 Å². The standard InChI is InChI=1S/C19H20N2O5/c1-13-19(22)20(10-9-14-5-3-4-6-17(14)25-2)12-15-11-16(21(23)24)7-8-18(15)26-13/h3-8,11,13H,9-10,12H2,1-2H3. The molecule has 3 rings (SSSR count). The van der Waals surface area contributed by atoms with Gasteiger partial charge < -0.3 is 14.4 Å². The van der Waals surface area contributed by atoms with Gasteiger partial charge in [0.25, 0.3) is 11.6 Å². The van der Waals surface area contributed by atoms with Crippen LogP contribution in [-0.2, 0) is 17.8 Å². The molecule has 0 aromatic heterocycles. The second kappa shape index (κ2) is 7.43. The zero-order valence-electron chi connectivity index (χ0n) is 14.7. The van der Waals surface area contributed by atoms with Gasteiger partial charge in [0.2, 0.25) is 0 Å². The molecular weight excluding hydrogens is 336 g/mol. The van der Waals surface area contributed by atoms with Crippen molar-refractivity contribution in [3.05, 3.63) is 63.7 Å². The number of para-hydroxylation sites is 1. The Bertz CT molecular complexity index is 836. The number of hydrogen-bond donors (Lipinski definition) is 0. The molecule has 136 valence electrons. The molecule has 0 bridgehead atoms. The van der Waals surface area contributed by atoms with E-state index in [1.807, 2.05) is 24.3 Å².